The summed E-state index contributed by atoms with van der Waals surface area (Å²) < 4.78 is 19.4. The van der Waals surface area contributed by atoms with E-state index in [0.29, 0.717) is 37.1 Å². The van der Waals surface area contributed by atoms with Gasteiger partial charge in [-0.1, -0.05) is 0 Å². The van der Waals surface area contributed by atoms with Crippen molar-refractivity contribution in [2.24, 2.45) is 0 Å². The van der Waals surface area contributed by atoms with Gasteiger partial charge < -0.3 is 9.32 Å². The average Bonchev–Trinajstić information content (AvgIpc) is 3.13. The number of aromatic nitrogens is 4. The second-order valence-corrected chi connectivity index (χ2v) is 6.00. The van der Waals surface area contributed by atoms with Crippen LogP contribution in [0.15, 0.2) is 22.7 Å². The van der Waals surface area contributed by atoms with Crippen LogP contribution in [0.1, 0.15) is 31.2 Å². The predicted molar refractivity (Wildman–Crippen MR) is 82.8 cm³/mol. The molecule has 0 bridgehead atoms. The first-order valence-electron chi connectivity index (χ1n) is 7.73. The first-order chi connectivity index (χ1) is 11.0. The molecule has 0 spiro atoms. The molecule has 0 amide bonds. The van der Waals surface area contributed by atoms with Crippen molar-refractivity contribution in [2.45, 2.75) is 38.5 Å². The Balaban J connectivity index is 1.70. The third-order valence-electron chi connectivity index (χ3n) is 4.27. The summed E-state index contributed by atoms with van der Waals surface area (Å²) in [7, 11) is 1.98. The minimum Gasteiger partial charge on any atom is -0.424 e. The number of aryl methyl sites for hydroxylation is 1. The lowest BCUT2D eigenvalue weighted by molar-refractivity contribution is 0.207. The molecule has 1 saturated heterocycles. The van der Waals surface area contributed by atoms with Crippen LogP contribution in [-0.4, -0.2) is 57.6 Å². The molecule has 124 valence electrons. The quantitative estimate of drug-likeness (QED) is 0.831. The van der Waals surface area contributed by atoms with Crippen LogP contribution in [0.3, 0.4) is 0 Å². The van der Waals surface area contributed by atoms with Crippen LogP contribution < -0.4 is 4.90 Å². The first-order valence-corrected chi connectivity index (χ1v) is 7.73. The van der Waals surface area contributed by atoms with Crippen LogP contribution >= 0.6 is 0 Å². The topological polar surface area (TPSA) is 71.2 Å². The fourth-order valence-corrected chi connectivity index (χ4v) is 2.92. The minimum atomic E-state index is -0.851. The molecule has 0 aromatic carbocycles. The molecule has 0 aliphatic carbocycles. The summed E-state index contributed by atoms with van der Waals surface area (Å²) in [6.07, 6.45) is 1.25. The third kappa shape index (κ3) is 3.47. The van der Waals surface area contributed by atoms with Gasteiger partial charge in [0, 0.05) is 32.1 Å². The molecule has 1 aliphatic rings. The Hall–Kier alpha value is -2.09. The van der Waals surface area contributed by atoms with E-state index in [2.05, 4.69) is 25.3 Å². The van der Waals surface area contributed by atoms with E-state index in [1.54, 1.807) is 13.1 Å². The predicted octanol–water partition coefficient (Wildman–Crippen LogP) is 1.78. The maximum atomic E-state index is 13.9. The normalized spacial score (nSPS) is 22.7. The Morgan fingerprint density at radius 2 is 2.26 bits per heavy atom. The summed E-state index contributed by atoms with van der Waals surface area (Å²) in [6.45, 7) is 4.80. The molecule has 0 radical (unpaired) electrons. The van der Waals surface area contributed by atoms with Gasteiger partial charge in [0.15, 0.2) is 5.82 Å². The van der Waals surface area contributed by atoms with E-state index in [-0.39, 0.29) is 12.1 Å². The molecule has 8 heteroatoms. The Morgan fingerprint density at radius 1 is 1.43 bits per heavy atom. The molecule has 23 heavy (non-hydrogen) atoms. The van der Waals surface area contributed by atoms with Gasteiger partial charge >= 0.3 is 0 Å². The molecule has 3 heterocycles. The Bertz CT molecular complexity index is 636. The fraction of sp³-hybridized carbons (Fsp3) is 0.600. The molecule has 2 aromatic rings. The molecule has 3 rings (SSSR count). The lowest BCUT2D eigenvalue weighted by atomic mass is 10.1. The monoisotopic (exact) mass is 320 g/mol. The van der Waals surface area contributed by atoms with Gasteiger partial charge in [-0.15, -0.1) is 15.3 Å². The van der Waals surface area contributed by atoms with Crippen molar-refractivity contribution >= 4 is 5.82 Å². The Morgan fingerprint density at radius 3 is 2.91 bits per heavy atom. The molecular formula is C15H21FN6O. The number of halogens is 1. The number of rotatable bonds is 5. The molecule has 3 atom stereocenters. The maximum Gasteiger partial charge on any atom is 0.233 e. The van der Waals surface area contributed by atoms with Crippen molar-refractivity contribution in [2.75, 3.05) is 25.0 Å². The zero-order chi connectivity index (χ0) is 16.4. The number of hydrogen-bond donors (Lipinski definition) is 0. The van der Waals surface area contributed by atoms with Crippen LogP contribution in [0.5, 0.6) is 0 Å². The van der Waals surface area contributed by atoms with E-state index in [4.69, 9.17) is 4.42 Å². The smallest absolute Gasteiger partial charge is 0.233 e. The third-order valence-corrected chi connectivity index (χ3v) is 4.27. The van der Waals surface area contributed by atoms with Crippen molar-refractivity contribution in [3.8, 4) is 0 Å². The van der Waals surface area contributed by atoms with Crippen molar-refractivity contribution in [1.82, 2.24) is 25.3 Å². The summed E-state index contributed by atoms with van der Waals surface area (Å²) in [6, 6.07) is 3.69. The van der Waals surface area contributed by atoms with Crippen molar-refractivity contribution in [3.05, 3.63) is 30.1 Å². The Labute approximate surface area is 134 Å². The molecule has 0 unspecified atom stereocenters. The number of hydrogen-bond acceptors (Lipinski definition) is 7. The molecular weight excluding hydrogens is 299 g/mol. The minimum absolute atomic E-state index is 0.0291. The Kier molecular flexibility index (Phi) is 4.51. The van der Waals surface area contributed by atoms with Crippen LogP contribution in [-0.2, 0) is 0 Å². The zero-order valence-corrected chi connectivity index (χ0v) is 13.6. The highest BCUT2D eigenvalue weighted by Gasteiger charge is 2.35. The molecule has 0 N–H and O–H groups in total. The lowest BCUT2D eigenvalue weighted by Gasteiger charge is -2.30. The van der Waals surface area contributed by atoms with E-state index in [0.717, 1.165) is 0 Å². The van der Waals surface area contributed by atoms with Gasteiger partial charge in [0.25, 0.3) is 0 Å². The maximum absolute atomic E-state index is 13.9. The van der Waals surface area contributed by atoms with Gasteiger partial charge in [0.2, 0.25) is 11.8 Å². The van der Waals surface area contributed by atoms with Crippen molar-refractivity contribution < 1.29 is 8.81 Å². The van der Waals surface area contributed by atoms with E-state index in [1.165, 1.54) is 0 Å². The zero-order valence-electron chi connectivity index (χ0n) is 13.6. The van der Waals surface area contributed by atoms with E-state index >= 15 is 0 Å². The summed E-state index contributed by atoms with van der Waals surface area (Å²) in [4.78, 5) is 4.08. The summed E-state index contributed by atoms with van der Waals surface area (Å²) in [5.74, 6) is 1.84. The average molecular weight is 320 g/mol. The van der Waals surface area contributed by atoms with Crippen LogP contribution in [0, 0.1) is 6.92 Å². The first kappa shape index (κ1) is 15.8. The molecule has 1 fully saturated rings. The van der Waals surface area contributed by atoms with Gasteiger partial charge in [-0.05, 0) is 26.1 Å². The standard InChI is InChI=1S/C15H21FN6O/c1-10(15-20-18-11(2)23-15)21(3)9-13-7-12(16)8-22(13)14-5-4-6-17-19-14/h4-6,10,12-13H,7-9H2,1-3H3/t10-,12-,13-/m0/s1. The lowest BCUT2D eigenvalue weighted by Crippen LogP contribution is -2.40. The summed E-state index contributed by atoms with van der Waals surface area (Å²) in [5, 5.41) is 15.9. The van der Waals surface area contributed by atoms with E-state index in [1.807, 2.05) is 31.0 Å². The van der Waals surface area contributed by atoms with Gasteiger partial charge in [0.1, 0.15) is 6.17 Å². The largest absolute Gasteiger partial charge is 0.424 e. The number of likely N-dealkylation sites (N-methyl/N-ethyl adjacent to an activating group) is 1. The number of anilines is 1. The van der Waals surface area contributed by atoms with E-state index < -0.39 is 6.17 Å². The molecule has 7 nitrogen and oxygen atoms in total. The van der Waals surface area contributed by atoms with Crippen LogP contribution in [0.2, 0.25) is 0 Å². The van der Waals surface area contributed by atoms with Crippen LogP contribution in [0.4, 0.5) is 10.2 Å². The number of alkyl halides is 1. The van der Waals surface area contributed by atoms with Gasteiger partial charge in [-0.2, -0.15) is 5.10 Å². The van der Waals surface area contributed by atoms with Gasteiger partial charge in [0.05, 0.1) is 12.6 Å². The summed E-state index contributed by atoms with van der Waals surface area (Å²) >= 11 is 0. The second kappa shape index (κ2) is 6.57. The molecule has 0 saturated carbocycles. The van der Waals surface area contributed by atoms with Crippen molar-refractivity contribution in [3.63, 3.8) is 0 Å². The molecule has 2 aromatic heterocycles. The van der Waals surface area contributed by atoms with Crippen molar-refractivity contribution in [1.29, 1.82) is 0 Å². The molecule has 1 aliphatic heterocycles. The fourth-order valence-electron chi connectivity index (χ4n) is 2.92. The SMILES string of the molecule is Cc1nnc([C@H](C)N(C)C[C@@H]2C[C@H](F)CN2c2cccnn2)o1. The number of nitrogens with zero attached hydrogens (tertiary/aromatic N) is 6. The van der Waals surface area contributed by atoms with Gasteiger partial charge in [-0.3, -0.25) is 4.90 Å². The van der Waals surface area contributed by atoms with Crippen LogP contribution in [0.25, 0.3) is 0 Å². The highest BCUT2D eigenvalue weighted by atomic mass is 19.1. The highest BCUT2D eigenvalue weighted by molar-refractivity contribution is 5.40. The van der Waals surface area contributed by atoms with Gasteiger partial charge in [-0.25, -0.2) is 4.39 Å². The summed E-state index contributed by atoms with van der Waals surface area (Å²) in [5.41, 5.74) is 0. The highest BCUT2D eigenvalue weighted by Crippen LogP contribution is 2.27. The van der Waals surface area contributed by atoms with E-state index in [9.17, 15) is 4.39 Å². The second-order valence-electron chi connectivity index (χ2n) is 6.00.